The third-order valence-corrected chi connectivity index (χ3v) is 5.40. The molecule has 0 bridgehead atoms. The number of nitrogens with one attached hydrogen (secondary N) is 1. The minimum absolute atomic E-state index is 0.261. The number of ether oxygens (including phenoxy) is 2. The van der Waals surface area contributed by atoms with Crippen LogP contribution in [0.4, 0.5) is 0 Å². The Labute approximate surface area is 162 Å². The molecule has 0 saturated carbocycles. The highest BCUT2D eigenvalue weighted by Gasteiger charge is 2.23. The Hall–Kier alpha value is -3.52. The molecule has 1 aromatic heterocycles. The number of hydrogen-bond donors (Lipinski definition) is 1. The summed E-state index contributed by atoms with van der Waals surface area (Å²) in [4.78, 5) is 0. The molecular weight excluding hydrogens is 350 g/mol. The summed E-state index contributed by atoms with van der Waals surface area (Å²) in [6.07, 6.45) is 1.66. The second-order valence-corrected chi connectivity index (χ2v) is 7.05. The van der Waals surface area contributed by atoms with Crippen LogP contribution < -0.4 is 15.0 Å². The fraction of sp³-hybridized carbons (Fsp3) is 0.217. The van der Waals surface area contributed by atoms with Gasteiger partial charge in [0.1, 0.15) is 17.1 Å². The molecule has 0 fully saturated rings. The van der Waals surface area contributed by atoms with E-state index in [1.807, 2.05) is 47.0 Å². The van der Waals surface area contributed by atoms with Crippen molar-refractivity contribution in [3.05, 3.63) is 65.1 Å². The molecular formula is C23H19N3O2. The molecule has 3 heterocycles. The van der Waals surface area contributed by atoms with Crippen LogP contribution in [-0.4, -0.2) is 17.8 Å². The van der Waals surface area contributed by atoms with Crippen molar-refractivity contribution in [3.8, 4) is 40.0 Å². The molecule has 138 valence electrons. The third-order valence-electron chi connectivity index (χ3n) is 5.40. The van der Waals surface area contributed by atoms with Gasteiger partial charge in [-0.15, -0.1) is 0 Å². The van der Waals surface area contributed by atoms with E-state index in [1.54, 1.807) is 0 Å². The summed E-state index contributed by atoms with van der Waals surface area (Å²) in [6.45, 7) is 1.97. The standard InChI is InChI=1S/C23H19N3O2/c24-14-19-17(15-5-2-1-3-6-15)12-20-18-13-22-21(27-9-4-10-28-22)11-16(18)7-8-26(20)23(19)25/h1-3,5-6,11-13,25H,4,7-10H2. The molecule has 28 heavy (non-hydrogen) atoms. The van der Waals surface area contributed by atoms with Gasteiger partial charge in [-0.2, -0.15) is 5.26 Å². The molecule has 0 amide bonds. The molecule has 5 heteroatoms. The van der Waals surface area contributed by atoms with E-state index in [1.165, 1.54) is 5.56 Å². The lowest BCUT2D eigenvalue weighted by molar-refractivity contribution is 0.297. The van der Waals surface area contributed by atoms with Crippen molar-refractivity contribution in [2.75, 3.05) is 13.2 Å². The van der Waals surface area contributed by atoms with Crippen molar-refractivity contribution in [2.45, 2.75) is 19.4 Å². The van der Waals surface area contributed by atoms with E-state index in [0.29, 0.717) is 25.3 Å². The number of nitrogens with zero attached hydrogens (tertiary/aromatic N) is 2. The maximum absolute atomic E-state index is 9.73. The van der Waals surface area contributed by atoms with Crippen molar-refractivity contribution in [1.82, 2.24) is 4.57 Å². The largest absolute Gasteiger partial charge is 0.490 e. The predicted molar refractivity (Wildman–Crippen MR) is 105 cm³/mol. The van der Waals surface area contributed by atoms with Crippen LogP contribution in [0.15, 0.2) is 48.5 Å². The molecule has 5 nitrogen and oxygen atoms in total. The summed E-state index contributed by atoms with van der Waals surface area (Å²) < 4.78 is 13.7. The van der Waals surface area contributed by atoms with E-state index in [9.17, 15) is 5.26 Å². The average Bonchev–Trinajstić information content (AvgIpc) is 2.97. The monoisotopic (exact) mass is 369 g/mol. The van der Waals surface area contributed by atoms with Crippen molar-refractivity contribution in [2.24, 2.45) is 0 Å². The predicted octanol–water partition coefficient (Wildman–Crippen LogP) is 3.89. The first-order chi connectivity index (χ1) is 13.8. The molecule has 0 spiro atoms. The van der Waals surface area contributed by atoms with Crippen molar-refractivity contribution >= 4 is 0 Å². The van der Waals surface area contributed by atoms with Gasteiger partial charge in [0.25, 0.3) is 0 Å². The Morgan fingerprint density at radius 1 is 0.964 bits per heavy atom. The van der Waals surface area contributed by atoms with E-state index in [-0.39, 0.29) is 5.49 Å². The molecule has 0 unspecified atom stereocenters. The smallest absolute Gasteiger partial charge is 0.161 e. The molecule has 0 atom stereocenters. The fourth-order valence-corrected chi connectivity index (χ4v) is 4.01. The van der Waals surface area contributed by atoms with Gasteiger partial charge in [0.15, 0.2) is 11.5 Å². The number of pyridine rings is 1. The molecule has 0 radical (unpaired) electrons. The van der Waals surface area contributed by atoms with E-state index in [0.717, 1.165) is 46.7 Å². The summed E-state index contributed by atoms with van der Waals surface area (Å²) in [6, 6.07) is 18.2. The van der Waals surface area contributed by atoms with Gasteiger partial charge in [-0.3, -0.25) is 5.41 Å². The minimum atomic E-state index is 0.261. The minimum Gasteiger partial charge on any atom is -0.490 e. The Morgan fingerprint density at radius 3 is 2.46 bits per heavy atom. The lowest BCUT2D eigenvalue weighted by Gasteiger charge is -2.25. The lowest BCUT2D eigenvalue weighted by atomic mass is 9.92. The Kier molecular flexibility index (Phi) is 3.91. The van der Waals surface area contributed by atoms with E-state index in [2.05, 4.69) is 12.1 Å². The average molecular weight is 369 g/mol. The van der Waals surface area contributed by atoms with Gasteiger partial charge >= 0.3 is 0 Å². The first kappa shape index (κ1) is 16.6. The first-order valence-corrected chi connectivity index (χ1v) is 9.47. The Bertz CT molecular complexity index is 1170. The summed E-state index contributed by atoms with van der Waals surface area (Å²) in [5.41, 5.74) is 5.58. The zero-order valence-corrected chi connectivity index (χ0v) is 15.4. The van der Waals surface area contributed by atoms with Crippen LogP contribution in [0.2, 0.25) is 0 Å². The van der Waals surface area contributed by atoms with Gasteiger partial charge in [0, 0.05) is 24.1 Å². The second kappa shape index (κ2) is 6.58. The van der Waals surface area contributed by atoms with Crippen LogP contribution in [0.3, 0.4) is 0 Å². The number of nitriles is 1. The normalized spacial score (nSPS) is 14.4. The third kappa shape index (κ3) is 2.57. The molecule has 2 aliphatic rings. The van der Waals surface area contributed by atoms with Gasteiger partial charge in [-0.1, -0.05) is 30.3 Å². The summed E-state index contributed by atoms with van der Waals surface area (Å²) in [5, 5.41) is 18.4. The molecule has 5 rings (SSSR count). The van der Waals surface area contributed by atoms with Crippen LogP contribution in [0.5, 0.6) is 11.5 Å². The van der Waals surface area contributed by atoms with Crippen LogP contribution in [-0.2, 0) is 13.0 Å². The van der Waals surface area contributed by atoms with Gasteiger partial charge in [-0.05, 0) is 35.7 Å². The topological polar surface area (TPSA) is 71.0 Å². The molecule has 0 aliphatic carbocycles. The fourth-order valence-electron chi connectivity index (χ4n) is 4.01. The van der Waals surface area contributed by atoms with Crippen LogP contribution in [0, 0.1) is 16.7 Å². The van der Waals surface area contributed by atoms with Gasteiger partial charge in [0.2, 0.25) is 0 Å². The summed E-state index contributed by atoms with van der Waals surface area (Å²) in [7, 11) is 0. The highest BCUT2D eigenvalue weighted by molar-refractivity contribution is 5.78. The highest BCUT2D eigenvalue weighted by atomic mass is 16.5. The molecule has 3 aromatic rings. The van der Waals surface area contributed by atoms with Gasteiger partial charge < -0.3 is 14.0 Å². The number of aromatic nitrogens is 1. The van der Waals surface area contributed by atoms with Crippen LogP contribution >= 0.6 is 0 Å². The molecule has 1 N–H and O–H groups in total. The number of hydrogen-bond acceptors (Lipinski definition) is 4. The number of rotatable bonds is 1. The maximum Gasteiger partial charge on any atom is 0.161 e. The number of aryl methyl sites for hydroxylation is 1. The quantitative estimate of drug-likeness (QED) is 0.707. The first-order valence-electron chi connectivity index (χ1n) is 9.47. The van der Waals surface area contributed by atoms with E-state index < -0.39 is 0 Å². The lowest BCUT2D eigenvalue weighted by Crippen LogP contribution is -2.28. The number of fused-ring (bicyclic) bond motifs is 4. The molecule has 2 aromatic carbocycles. The summed E-state index contributed by atoms with van der Waals surface area (Å²) >= 11 is 0. The van der Waals surface area contributed by atoms with E-state index >= 15 is 0 Å². The van der Waals surface area contributed by atoms with Crippen molar-refractivity contribution in [3.63, 3.8) is 0 Å². The zero-order valence-electron chi connectivity index (χ0n) is 15.4. The second-order valence-electron chi connectivity index (χ2n) is 7.05. The van der Waals surface area contributed by atoms with Crippen molar-refractivity contribution < 1.29 is 9.47 Å². The van der Waals surface area contributed by atoms with E-state index in [4.69, 9.17) is 14.9 Å². The van der Waals surface area contributed by atoms with Crippen LogP contribution in [0.25, 0.3) is 22.4 Å². The van der Waals surface area contributed by atoms with Crippen molar-refractivity contribution in [1.29, 1.82) is 10.7 Å². The molecule has 2 aliphatic heterocycles. The van der Waals surface area contributed by atoms with Crippen LogP contribution in [0.1, 0.15) is 17.5 Å². The number of benzene rings is 2. The highest BCUT2D eigenvalue weighted by Crippen LogP contribution is 2.40. The van der Waals surface area contributed by atoms with Gasteiger partial charge in [-0.25, -0.2) is 0 Å². The Balaban J connectivity index is 1.76. The maximum atomic E-state index is 9.73. The zero-order chi connectivity index (χ0) is 19.1. The molecule has 0 saturated heterocycles. The SMILES string of the molecule is N#Cc1c(-c2ccccc2)cc2n(c1=N)CCc1cc3c(cc1-2)OCCCO3. The van der Waals surface area contributed by atoms with Gasteiger partial charge in [0.05, 0.1) is 18.9 Å². The Morgan fingerprint density at radius 2 is 1.71 bits per heavy atom. The summed E-state index contributed by atoms with van der Waals surface area (Å²) in [5.74, 6) is 1.55.